The van der Waals surface area contributed by atoms with E-state index >= 15 is 0 Å². The lowest BCUT2D eigenvalue weighted by atomic mass is 9.81. The van der Waals surface area contributed by atoms with Crippen LogP contribution in [0.15, 0.2) is 78.9 Å². The number of aromatic amines is 2. The van der Waals surface area contributed by atoms with E-state index in [1.807, 2.05) is 0 Å². The molecule has 0 radical (unpaired) electrons. The predicted octanol–water partition coefficient (Wildman–Crippen LogP) is -2.73. The minimum Gasteiger partial charge on any atom is -0.480 e. The van der Waals surface area contributed by atoms with E-state index in [2.05, 4.69) is 47.6 Å². The van der Waals surface area contributed by atoms with Crippen LogP contribution >= 0.6 is 0 Å². The van der Waals surface area contributed by atoms with Crippen LogP contribution in [-0.2, 0) is 38.4 Å². The summed E-state index contributed by atoms with van der Waals surface area (Å²) >= 11 is 0. The molecule has 7 rings (SSSR count). The van der Waals surface area contributed by atoms with Crippen LogP contribution in [0.2, 0.25) is 0 Å². The number of fused-ring (bicyclic) bond motifs is 2. The average molecular weight is 1170 g/mol. The number of carbonyl (C=O) groups excluding carboxylic acids is 4. The molecule has 2 aliphatic rings. The molecule has 3 aromatic carbocycles. The molecule has 2 aliphatic heterocycles. The van der Waals surface area contributed by atoms with Gasteiger partial charge in [0.2, 0.25) is 6.04 Å². The lowest BCUT2D eigenvalue weighted by molar-refractivity contribution is -0.179. The Hall–Kier alpha value is -8.72. The number of benzene rings is 3. The van der Waals surface area contributed by atoms with Crippen LogP contribution < -0.4 is 37.7 Å². The number of nitrogens with zero attached hydrogens (tertiary/aromatic N) is 5. The quantitative estimate of drug-likeness (QED) is 0.0214. The molecule has 2 fully saturated rings. The number of carboxylic acid groups (broad SMARTS) is 6. The molecule has 0 aliphatic carbocycles. The number of carbonyl (C=O) groups is 10. The Bertz CT molecular complexity index is 3140. The molecule has 2 saturated heterocycles. The van der Waals surface area contributed by atoms with Crippen molar-refractivity contribution in [3.8, 4) is 0 Å². The lowest BCUT2D eigenvalue weighted by Gasteiger charge is -2.35. The van der Waals surface area contributed by atoms with Gasteiger partial charge >= 0.3 is 41.4 Å². The van der Waals surface area contributed by atoms with Gasteiger partial charge in [0.25, 0.3) is 17.7 Å². The van der Waals surface area contributed by atoms with Crippen molar-refractivity contribution in [2.24, 2.45) is 0 Å². The summed E-state index contributed by atoms with van der Waals surface area (Å²) in [6.45, 7) is 0.207. The van der Waals surface area contributed by atoms with Crippen molar-refractivity contribution >= 4 is 81.6 Å². The van der Waals surface area contributed by atoms with E-state index in [-0.39, 0.29) is 96.5 Å². The number of aromatic nitrogens is 2. The van der Waals surface area contributed by atoms with Crippen molar-refractivity contribution in [2.75, 3.05) is 118 Å². The highest BCUT2D eigenvalue weighted by Crippen LogP contribution is 2.43. The zero-order valence-electron chi connectivity index (χ0n) is 45.5. The molecule has 30 nitrogen and oxygen atoms in total. The minimum atomic E-state index is -3.33. The Balaban J connectivity index is 1.19. The van der Waals surface area contributed by atoms with E-state index in [0.29, 0.717) is 64.4 Å². The summed E-state index contributed by atoms with van der Waals surface area (Å²) in [5, 5.41) is 69.9. The third kappa shape index (κ3) is 15.1. The molecule has 0 spiro atoms. The standard InChI is InChI=1S/C54H68N14O16/c69-32-38(66-26-24-65(31-40(71)72)21-17-57-18-22-67(28-27-66)46(49(75)76)50(77)78)60-62-47(73)44-42(34-10-4-6-12-36(34)58-44)41(33-8-2-1-3-9-33)43-35-11-5-7-13-37(35)59-45(43)48(74)63-61-39(70)30-64-20-16-55-14-15-56-19-23-68(29-25-64)54(51(79)80,52(81)82)53(83)84/h1-13,32,38,41,46,55-60H,14-31H2,(H,61,70)(H,62,73)(H,63,74)(H,71,72)(H,75,76)(H,77,78)(H,79,80)(H,81,82)(H,83,84). The van der Waals surface area contributed by atoms with Gasteiger partial charge in [0.15, 0.2) is 6.29 Å². The number of hydrazine groups is 2. The van der Waals surface area contributed by atoms with Gasteiger partial charge < -0.3 is 61.4 Å². The van der Waals surface area contributed by atoms with Crippen LogP contribution in [0, 0.1) is 0 Å². The Labute approximate surface area is 479 Å². The normalized spacial score (nSPS) is 17.3. The molecule has 3 amide bonds. The first-order chi connectivity index (χ1) is 40.4. The topological polar surface area (TPSA) is 424 Å². The number of hydrogen-bond donors (Lipinski definition) is 15. The van der Waals surface area contributed by atoms with Crippen LogP contribution in [0.4, 0.5) is 0 Å². The first kappa shape index (κ1) is 62.9. The number of amides is 3. The highest BCUT2D eigenvalue weighted by Gasteiger charge is 2.59. The smallest absolute Gasteiger partial charge is 0.347 e. The van der Waals surface area contributed by atoms with E-state index in [4.69, 9.17) is 0 Å². The first-order valence-corrected chi connectivity index (χ1v) is 26.9. The van der Waals surface area contributed by atoms with Crippen molar-refractivity contribution in [2.45, 2.75) is 23.7 Å². The summed E-state index contributed by atoms with van der Waals surface area (Å²) in [5.74, 6) is -13.9. The van der Waals surface area contributed by atoms with Crippen molar-refractivity contribution in [1.82, 2.24) is 72.1 Å². The minimum absolute atomic E-state index is 0.00270. The Kier molecular flexibility index (Phi) is 22.1. The second-order valence-electron chi connectivity index (χ2n) is 19.9. The molecular formula is C54H68N14O16. The third-order valence-corrected chi connectivity index (χ3v) is 14.7. The fourth-order valence-electron chi connectivity index (χ4n) is 10.5. The van der Waals surface area contributed by atoms with Crippen LogP contribution in [-0.4, -0.2) is 260 Å². The molecule has 2 aromatic heterocycles. The van der Waals surface area contributed by atoms with E-state index in [0.717, 1.165) is 4.90 Å². The summed E-state index contributed by atoms with van der Waals surface area (Å²) in [7, 11) is 0. The van der Waals surface area contributed by atoms with Gasteiger partial charge in [-0.05, 0) is 17.7 Å². The number of para-hydroxylation sites is 2. The maximum absolute atomic E-state index is 14.9. The highest BCUT2D eigenvalue weighted by molar-refractivity contribution is 6.21. The number of aldehydes is 1. The molecular weight excluding hydrogens is 1100 g/mol. The van der Waals surface area contributed by atoms with Crippen molar-refractivity contribution in [3.05, 3.63) is 107 Å². The zero-order chi connectivity index (χ0) is 60.5. The molecule has 2 atom stereocenters. The van der Waals surface area contributed by atoms with Crippen molar-refractivity contribution in [3.63, 3.8) is 0 Å². The van der Waals surface area contributed by atoms with Crippen LogP contribution in [0.1, 0.15) is 43.6 Å². The van der Waals surface area contributed by atoms with E-state index in [1.165, 1.54) is 9.80 Å². The monoisotopic (exact) mass is 1170 g/mol. The highest BCUT2D eigenvalue weighted by atomic mass is 16.4. The Morgan fingerprint density at radius 2 is 0.988 bits per heavy atom. The van der Waals surface area contributed by atoms with E-state index in [1.54, 1.807) is 88.7 Å². The first-order valence-electron chi connectivity index (χ1n) is 26.9. The molecule has 15 N–H and O–H groups in total. The second-order valence-corrected chi connectivity index (χ2v) is 19.9. The largest absolute Gasteiger partial charge is 0.480 e. The van der Waals surface area contributed by atoms with Gasteiger partial charge in [-0.25, -0.2) is 29.4 Å². The lowest BCUT2D eigenvalue weighted by Crippen LogP contribution is -2.67. The van der Waals surface area contributed by atoms with Gasteiger partial charge in [-0.1, -0.05) is 66.7 Å². The molecule has 30 heteroatoms. The van der Waals surface area contributed by atoms with Crippen molar-refractivity contribution < 1.29 is 78.6 Å². The van der Waals surface area contributed by atoms with Gasteiger partial charge in [0.05, 0.1) is 13.1 Å². The maximum Gasteiger partial charge on any atom is 0.347 e. The number of aliphatic carboxylic acids is 6. The SMILES string of the molecule is O=CC(NNC(=O)c1[nH]c2ccccc2c1C(c1ccccc1)c1c(C(=O)NNC(=O)CN2CCNCCNCCN(C(C(=O)O)(C(=O)O)C(=O)O)CC2)[nH]c2ccccc12)N1CCN(CC(=O)O)CCNCCN(C(C(=O)O)C(=O)O)CC1. The number of H-pyrrole nitrogens is 2. The Morgan fingerprint density at radius 3 is 1.54 bits per heavy atom. The molecule has 5 aromatic rings. The van der Waals surface area contributed by atoms with E-state index < -0.39 is 90.3 Å². The van der Waals surface area contributed by atoms with Gasteiger partial charge in [0.1, 0.15) is 17.6 Å². The van der Waals surface area contributed by atoms with Crippen LogP contribution in [0.25, 0.3) is 21.8 Å². The molecule has 2 unspecified atom stereocenters. The summed E-state index contributed by atoms with van der Waals surface area (Å²) in [6.07, 6.45) is -0.855. The summed E-state index contributed by atoms with van der Waals surface area (Å²) in [4.78, 5) is 143. The molecule has 0 bridgehead atoms. The second kappa shape index (κ2) is 29.5. The third-order valence-electron chi connectivity index (χ3n) is 14.7. The van der Waals surface area contributed by atoms with Crippen LogP contribution in [0.5, 0.6) is 0 Å². The molecule has 84 heavy (non-hydrogen) atoms. The number of carboxylic acids is 6. The summed E-state index contributed by atoms with van der Waals surface area (Å²) in [6, 6.07) is 21.1. The van der Waals surface area contributed by atoms with Crippen LogP contribution in [0.3, 0.4) is 0 Å². The fraction of sp³-hybridized carbons (Fsp3) is 0.407. The van der Waals surface area contributed by atoms with Gasteiger partial charge in [-0.3, -0.25) is 60.0 Å². The summed E-state index contributed by atoms with van der Waals surface area (Å²) in [5.41, 5.74) is 9.34. The van der Waals surface area contributed by atoms with Gasteiger partial charge in [-0.15, -0.1) is 0 Å². The predicted molar refractivity (Wildman–Crippen MR) is 299 cm³/mol. The van der Waals surface area contributed by atoms with E-state index in [9.17, 15) is 78.6 Å². The number of nitrogens with one attached hydrogen (secondary N) is 9. The summed E-state index contributed by atoms with van der Waals surface area (Å²) < 4.78 is 0. The maximum atomic E-state index is 14.9. The molecule has 4 heterocycles. The average Bonchev–Trinajstić information content (AvgIpc) is 1.97. The van der Waals surface area contributed by atoms with Crippen molar-refractivity contribution in [1.29, 1.82) is 0 Å². The van der Waals surface area contributed by atoms with Gasteiger partial charge in [0, 0.05) is 144 Å². The number of rotatable bonds is 20. The zero-order valence-corrected chi connectivity index (χ0v) is 45.5. The number of hydrogen-bond acceptors (Lipinski definition) is 19. The fourth-order valence-corrected chi connectivity index (χ4v) is 10.5. The Morgan fingerprint density at radius 1 is 0.512 bits per heavy atom. The molecule has 450 valence electrons. The van der Waals surface area contributed by atoms with Gasteiger partial charge in [-0.2, -0.15) is 0 Å². The molecule has 0 saturated carbocycles.